The summed E-state index contributed by atoms with van der Waals surface area (Å²) in [5, 5.41) is -1.07. The molecule has 1 aliphatic rings. The van der Waals surface area contributed by atoms with Crippen LogP contribution >= 0.6 is 23.4 Å². The summed E-state index contributed by atoms with van der Waals surface area (Å²) in [6.07, 6.45) is 2.11. The van der Waals surface area contributed by atoms with Crippen molar-refractivity contribution >= 4 is 49.0 Å². The summed E-state index contributed by atoms with van der Waals surface area (Å²) in [5.41, 5.74) is 5.46. The van der Waals surface area contributed by atoms with Crippen molar-refractivity contribution in [3.8, 4) is 0 Å². The van der Waals surface area contributed by atoms with Gasteiger partial charge in [0.1, 0.15) is 16.1 Å². The van der Waals surface area contributed by atoms with E-state index >= 15 is 0 Å². The Morgan fingerprint density at radius 3 is 2.67 bits per heavy atom. The van der Waals surface area contributed by atoms with Crippen LogP contribution in [-0.2, 0) is 19.9 Å². The molecule has 1 aromatic rings. The van der Waals surface area contributed by atoms with Gasteiger partial charge in [0.2, 0.25) is 10.0 Å². The first-order valence-electron chi connectivity index (χ1n) is 5.83. The Morgan fingerprint density at radius 2 is 2.10 bits per heavy atom. The van der Waals surface area contributed by atoms with Gasteiger partial charge in [-0.05, 0) is 6.07 Å². The van der Waals surface area contributed by atoms with E-state index in [4.69, 9.17) is 17.3 Å². The SMILES string of the molecule is CS(=O)(=O)C1CSCCN1S(=O)(=O)c1cnc(N)c(Cl)c1. The van der Waals surface area contributed by atoms with Crippen molar-refractivity contribution in [1.29, 1.82) is 0 Å². The maximum Gasteiger partial charge on any atom is 0.245 e. The quantitative estimate of drug-likeness (QED) is 0.819. The summed E-state index contributed by atoms with van der Waals surface area (Å²) >= 11 is 7.20. The number of aromatic nitrogens is 1. The Balaban J connectivity index is 2.48. The first-order chi connectivity index (χ1) is 9.64. The van der Waals surface area contributed by atoms with Crippen molar-refractivity contribution in [3.05, 3.63) is 17.3 Å². The zero-order valence-electron chi connectivity index (χ0n) is 11.1. The number of pyridine rings is 1. The van der Waals surface area contributed by atoms with Gasteiger partial charge in [0.05, 0.1) is 5.02 Å². The van der Waals surface area contributed by atoms with E-state index in [9.17, 15) is 16.8 Å². The van der Waals surface area contributed by atoms with Gasteiger partial charge in [0, 0.05) is 30.5 Å². The van der Waals surface area contributed by atoms with E-state index in [0.717, 1.165) is 16.8 Å². The maximum atomic E-state index is 12.6. The predicted octanol–water partition coefficient (Wildman–Crippen LogP) is 0.425. The van der Waals surface area contributed by atoms with Crippen LogP contribution in [0.3, 0.4) is 0 Å². The van der Waals surface area contributed by atoms with E-state index in [0.29, 0.717) is 5.75 Å². The van der Waals surface area contributed by atoms with Gasteiger partial charge < -0.3 is 5.73 Å². The van der Waals surface area contributed by atoms with E-state index in [2.05, 4.69) is 4.98 Å². The fraction of sp³-hybridized carbons (Fsp3) is 0.500. The number of sulfone groups is 1. The number of rotatable bonds is 3. The summed E-state index contributed by atoms with van der Waals surface area (Å²) < 4.78 is 49.9. The van der Waals surface area contributed by atoms with Crippen LogP contribution in [0.1, 0.15) is 0 Å². The van der Waals surface area contributed by atoms with Crippen molar-refractivity contribution in [2.24, 2.45) is 0 Å². The largest absolute Gasteiger partial charge is 0.382 e. The molecule has 1 atom stereocenters. The molecule has 0 aromatic carbocycles. The van der Waals surface area contributed by atoms with Gasteiger partial charge in [-0.1, -0.05) is 11.6 Å². The molecular weight excluding hydrogens is 358 g/mol. The molecule has 2 heterocycles. The number of halogens is 1. The summed E-state index contributed by atoms with van der Waals surface area (Å²) in [4.78, 5) is 3.55. The van der Waals surface area contributed by atoms with Crippen LogP contribution in [-0.4, -0.2) is 55.8 Å². The zero-order valence-corrected chi connectivity index (χ0v) is 14.3. The van der Waals surface area contributed by atoms with E-state index in [1.54, 1.807) is 0 Å². The molecule has 2 N–H and O–H groups in total. The molecule has 0 saturated carbocycles. The van der Waals surface area contributed by atoms with Gasteiger partial charge in [0.15, 0.2) is 9.84 Å². The molecule has 7 nitrogen and oxygen atoms in total. The minimum Gasteiger partial charge on any atom is -0.382 e. The third kappa shape index (κ3) is 3.45. The Hall–Kier alpha value is -0.550. The number of nitrogens with zero attached hydrogens (tertiary/aromatic N) is 2. The monoisotopic (exact) mass is 371 g/mol. The zero-order chi connectivity index (χ0) is 15.8. The number of anilines is 1. The number of sulfonamides is 1. The van der Waals surface area contributed by atoms with E-state index < -0.39 is 25.2 Å². The van der Waals surface area contributed by atoms with Crippen LogP contribution in [0.5, 0.6) is 0 Å². The standard InChI is InChI=1S/C10H14ClN3O4S3/c1-20(15,16)9-6-19-3-2-14(9)21(17,18)7-4-8(11)10(12)13-5-7/h4-5,9H,2-3,6H2,1H3,(H2,12,13). The molecule has 1 aromatic heterocycles. The minimum atomic E-state index is -4.00. The molecule has 1 saturated heterocycles. The van der Waals surface area contributed by atoms with Crippen LogP contribution in [0.25, 0.3) is 0 Å². The average molecular weight is 372 g/mol. The van der Waals surface area contributed by atoms with E-state index in [1.165, 1.54) is 17.8 Å². The Kier molecular flexibility index (Phi) is 4.74. The highest BCUT2D eigenvalue weighted by Gasteiger charge is 2.39. The number of hydrogen-bond donors (Lipinski definition) is 1. The Bertz CT molecular complexity index is 751. The first kappa shape index (κ1) is 16.8. The van der Waals surface area contributed by atoms with Gasteiger partial charge in [-0.25, -0.2) is 21.8 Å². The molecule has 11 heteroatoms. The molecular formula is C10H14ClN3O4S3. The molecule has 0 radical (unpaired) electrons. The molecule has 0 spiro atoms. The van der Waals surface area contributed by atoms with E-state index in [1.807, 2.05) is 0 Å². The highest BCUT2D eigenvalue weighted by atomic mass is 35.5. The van der Waals surface area contributed by atoms with E-state index in [-0.39, 0.29) is 28.0 Å². The van der Waals surface area contributed by atoms with Crippen LogP contribution in [0.4, 0.5) is 5.82 Å². The van der Waals surface area contributed by atoms with Gasteiger partial charge in [-0.3, -0.25) is 0 Å². The number of nitrogen functional groups attached to an aromatic ring is 1. The highest BCUT2D eigenvalue weighted by molar-refractivity contribution is 8.01. The van der Waals surface area contributed by atoms with Crippen molar-refractivity contribution in [2.75, 3.05) is 30.0 Å². The summed E-state index contributed by atoms with van der Waals surface area (Å²) in [6.45, 7) is 0.118. The molecule has 2 rings (SSSR count). The van der Waals surface area contributed by atoms with Gasteiger partial charge in [0.25, 0.3) is 0 Å². The highest BCUT2D eigenvalue weighted by Crippen LogP contribution is 2.28. The van der Waals surface area contributed by atoms with Crippen molar-refractivity contribution < 1.29 is 16.8 Å². The summed E-state index contributed by atoms with van der Waals surface area (Å²) in [7, 11) is -7.53. The fourth-order valence-corrected chi connectivity index (χ4v) is 7.26. The average Bonchev–Trinajstić information content (AvgIpc) is 2.41. The van der Waals surface area contributed by atoms with Gasteiger partial charge >= 0.3 is 0 Å². The molecule has 1 aliphatic heterocycles. The lowest BCUT2D eigenvalue weighted by molar-refractivity contribution is 0.405. The molecule has 0 amide bonds. The number of thioether (sulfide) groups is 1. The smallest absolute Gasteiger partial charge is 0.245 e. The normalized spacial score (nSPS) is 21.3. The molecule has 118 valence electrons. The van der Waals surface area contributed by atoms with Crippen molar-refractivity contribution in [1.82, 2.24) is 9.29 Å². The maximum absolute atomic E-state index is 12.6. The van der Waals surface area contributed by atoms with Crippen LogP contribution in [0.2, 0.25) is 5.02 Å². The van der Waals surface area contributed by atoms with Gasteiger partial charge in [-0.15, -0.1) is 0 Å². The first-order valence-corrected chi connectivity index (χ1v) is 10.8. The van der Waals surface area contributed by atoms with Crippen molar-refractivity contribution in [2.45, 2.75) is 10.3 Å². The second-order valence-corrected chi connectivity index (χ2v) is 10.2. The second-order valence-electron chi connectivity index (χ2n) is 4.51. The van der Waals surface area contributed by atoms with Crippen LogP contribution in [0, 0.1) is 0 Å². The predicted molar refractivity (Wildman–Crippen MR) is 83.5 cm³/mol. The molecule has 0 bridgehead atoms. The summed E-state index contributed by atoms with van der Waals surface area (Å²) in [5.74, 6) is 0.750. The number of hydrogen-bond acceptors (Lipinski definition) is 7. The molecule has 1 fully saturated rings. The van der Waals surface area contributed by atoms with Crippen LogP contribution in [0.15, 0.2) is 17.2 Å². The Labute approximate surface area is 132 Å². The third-order valence-electron chi connectivity index (χ3n) is 2.98. The number of nitrogens with two attached hydrogens (primary N) is 1. The summed E-state index contributed by atoms with van der Waals surface area (Å²) in [6, 6.07) is 1.18. The molecule has 0 aliphatic carbocycles. The van der Waals surface area contributed by atoms with Gasteiger partial charge in [-0.2, -0.15) is 16.1 Å². The molecule has 21 heavy (non-hydrogen) atoms. The lowest BCUT2D eigenvalue weighted by atomic mass is 10.5. The fourth-order valence-electron chi connectivity index (χ4n) is 1.89. The third-order valence-corrected chi connectivity index (χ3v) is 7.94. The second kappa shape index (κ2) is 5.92. The minimum absolute atomic E-state index is 0.0124. The lowest BCUT2D eigenvalue weighted by Gasteiger charge is -2.32. The molecule has 1 unspecified atom stereocenters. The van der Waals surface area contributed by atoms with Crippen molar-refractivity contribution in [3.63, 3.8) is 0 Å². The lowest BCUT2D eigenvalue weighted by Crippen LogP contribution is -2.49. The topological polar surface area (TPSA) is 110 Å². The Morgan fingerprint density at radius 1 is 1.43 bits per heavy atom. The van der Waals surface area contributed by atoms with Crippen LogP contribution < -0.4 is 5.73 Å².